The Labute approximate surface area is 41.3 Å². The summed E-state index contributed by atoms with van der Waals surface area (Å²) in [6.45, 7) is 0. The number of rotatable bonds is 0. The zero-order valence-corrected chi connectivity index (χ0v) is 4.41. The molecule has 0 aromatic carbocycles. The number of alkyl halides is 1. The molecule has 4 heteroatoms. The molecule has 1 rings (SSSR count). The molecule has 1 aliphatic rings. The first-order valence-electron chi connectivity index (χ1n) is 1.95. The Hall–Kier alpha value is -0.120. The summed E-state index contributed by atoms with van der Waals surface area (Å²) in [6.07, 6.45) is -1.08. The number of hydrogen-bond donors (Lipinski definition) is 0. The molecule has 0 aliphatic carbocycles. The van der Waals surface area contributed by atoms with E-state index in [2.05, 4.69) is 0 Å². The topological polar surface area (TPSA) is 34.1 Å². The van der Waals surface area contributed by atoms with E-state index >= 15 is 0 Å². The van der Waals surface area contributed by atoms with Crippen LogP contribution in [0.3, 0.4) is 0 Å². The summed E-state index contributed by atoms with van der Waals surface area (Å²) in [4.78, 5) is 0. The maximum Gasteiger partial charge on any atom is 0.156 e. The summed E-state index contributed by atoms with van der Waals surface area (Å²) in [6, 6.07) is 0. The van der Waals surface area contributed by atoms with Crippen molar-refractivity contribution in [3.05, 3.63) is 0 Å². The molecular formula is C3H5FO2S. The minimum atomic E-state index is -2.91. The molecule has 42 valence electrons. The van der Waals surface area contributed by atoms with Gasteiger partial charge >= 0.3 is 0 Å². The summed E-state index contributed by atoms with van der Waals surface area (Å²) in [5.41, 5.74) is 0. The molecule has 0 unspecified atom stereocenters. The third-order valence-electron chi connectivity index (χ3n) is 0.870. The Bertz CT molecular complexity index is 148. The van der Waals surface area contributed by atoms with Crippen molar-refractivity contribution in [2.75, 3.05) is 11.5 Å². The van der Waals surface area contributed by atoms with Crippen LogP contribution < -0.4 is 0 Å². The highest BCUT2D eigenvalue weighted by atomic mass is 32.2. The van der Waals surface area contributed by atoms with Gasteiger partial charge in [-0.3, -0.25) is 0 Å². The van der Waals surface area contributed by atoms with Crippen LogP contribution in [0.4, 0.5) is 4.39 Å². The predicted molar refractivity (Wildman–Crippen MR) is 23.5 cm³/mol. The normalized spacial score (nSPS) is 29.3. The molecule has 0 aromatic rings. The Kier molecular flexibility index (Phi) is 0.849. The third kappa shape index (κ3) is 0.907. The first-order valence-corrected chi connectivity index (χ1v) is 3.77. The van der Waals surface area contributed by atoms with Gasteiger partial charge in [0.1, 0.15) is 6.17 Å². The van der Waals surface area contributed by atoms with Crippen LogP contribution in [0.1, 0.15) is 0 Å². The van der Waals surface area contributed by atoms with Gasteiger partial charge in [0, 0.05) is 0 Å². The van der Waals surface area contributed by atoms with Gasteiger partial charge in [0.05, 0.1) is 11.5 Å². The van der Waals surface area contributed by atoms with Crippen molar-refractivity contribution in [2.24, 2.45) is 0 Å². The van der Waals surface area contributed by atoms with E-state index in [4.69, 9.17) is 0 Å². The maximum absolute atomic E-state index is 11.6. The minimum Gasteiger partial charge on any atom is -0.245 e. The zero-order chi connectivity index (χ0) is 5.49. The lowest BCUT2D eigenvalue weighted by atomic mass is 10.5. The Morgan fingerprint density at radius 1 is 1.43 bits per heavy atom. The van der Waals surface area contributed by atoms with Gasteiger partial charge in [0.25, 0.3) is 0 Å². The molecule has 0 radical (unpaired) electrons. The molecule has 1 saturated heterocycles. The Morgan fingerprint density at radius 3 is 1.86 bits per heavy atom. The van der Waals surface area contributed by atoms with Gasteiger partial charge in [-0.15, -0.1) is 0 Å². The molecule has 1 heterocycles. The van der Waals surface area contributed by atoms with Crippen LogP contribution in [0.15, 0.2) is 0 Å². The monoisotopic (exact) mass is 124 g/mol. The number of hydrogen-bond acceptors (Lipinski definition) is 2. The van der Waals surface area contributed by atoms with Crippen LogP contribution in [-0.2, 0) is 9.84 Å². The van der Waals surface area contributed by atoms with E-state index in [0.717, 1.165) is 0 Å². The van der Waals surface area contributed by atoms with Gasteiger partial charge in [0.15, 0.2) is 9.84 Å². The van der Waals surface area contributed by atoms with Gasteiger partial charge < -0.3 is 0 Å². The van der Waals surface area contributed by atoms with Crippen LogP contribution >= 0.6 is 0 Å². The van der Waals surface area contributed by atoms with Crippen LogP contribution in [0.25, 0.3) is 0 Å². The standard InChI is InChI=1S/C3H5FO2S/c4-3-1-7(5,6)2-3/h3H,1-2H2. The molecule has 0 atom stereocenters. The van der Waals surface area contributed by atoms with Crippen molar-refractivity contribution >= 4 is 9.84 Å². The molecule has 0 spiro atoms. The fraction of sp³-hybridized carbons (Fsp3) is 1.00. The first-order chi connectivity index (χ1) is 3.10. The molecule has 0 aromatic heterocycles. The van der Waals surface area contributed by atoms with E-state index in [-0.39, 0.29) is 11.5 Å². The van der Waals surface area contributed by atoms with Gasteiger partial charge in [0.2, 0.25) is 0 Å². The van der Waals surface area contributed by atoms with Crippen molar-refractivity contribution in [1.82, 2.24) is 0 Å². The number of sulfone groups is 1. The van der Waals surface area contributed by atoms with Crippen LogP contribution in [-0.4, -0.2) is 26.1 Å². The SMILES string of the molecule is O=S1(=O)CC(F)C1. The maximum atomic E-state index is 11.6. The summed E-state index contributed by atoms with van der Waals surface area (Å²) in [7, 11) is -2.91. The Balaban J connectivity index is 2.61. The quantitative estimate of drug-likeness (QED) is 0.446. The average Bonchev–Trinajstić information content (AvgIpc) is 1.27. The second kappa shape index (κ2) is 1.18. The lowest BCUT2D eigenvalue weighted by Gasteiger charge is -2.16. The lowest BCUT2D eigenvalue weighted by Crippen LogP contribution is -2.37. The molecule has 0 saturated carbocycles. The Morgan fingerprint density at radius 2 is 1.86 bits per heavy atom. The highest BCUT2D eigenvalue weighted by Crippen LogP contribution is 2.12. The molecule has 7 heavy (non-hydrogen) atoms. The summed E-state index contributed by atoms with van der Waals surface area (Å²) < 4.78 is 31.7. The molecule has 2 nitrogen and oxygen atoms in total. The van der Waals surface area contributed by atoms with E-state index in [1.807, 2.05) is 0 Å². The van der Waals surface area contributed by atoms with Gasteiger partial charge in [-0.2, -0.15) is 0 Å². The average molecular weight is 124 g/mol. The lowest BCUT2D eigenvalue weighted by molar-refractivity contribution is 0.365. The van der Waals surface area contributed by atoms with Crippen LogP contribution in [0.2, 0.25) is 0 Å². The van der Waals surface area contributed by atoms with Crippen molar-refractivity contribution in [3.63, 3.8) is 0 Å². The van der Waals surface area contributed by atoms with Crippen LogP contribution in [0.5, 0.6) is 0 Å². The first kappa shape index (κ1) is 5.03. The van der Waals surface area contributed by atoms with Crippen molar-refractivity contribution in [2.45, 2.75) is 6.17 Å². The third-order valence-corrected chi connectivity index (χ3v) is 2.61. The van der Waals surface area contributed by atoms with E-state index in [1.54, 1.807) is 0 Å². The van der Waals surface area contributed by atoms with Crippen LogP contribution in [0, 0.1) is 0 Å². The van der Waals surface area contributed by atoms with Crippen molar-refractivity contribution < 1.29 is 12.8 Å². The van der Waals surface area contributed by atoms with Gasteiger partial charge in [-0.25, -0.2) is 12.8 Å². The highest BCUT2D eigenvalue weighted by molar-refractivity contribution is 7.92. The molecule has 1 fully saturated rings. The second-order valence-electron chi connectivity index (χ2n) is 1.67. The molecule has 0 bridgehead atoms. The molecule has 0 N–H and O–H groups in total. The summed E-state index contributed by atoms with van der Waals surface area (Å²) in [5, 5.41) is 0. The van der Waals surface area contributed by atoms with Gasteiger partial charge in [-0.1, -0.05) is 0 Å². The van der Waals surface area contributed by atoms with E-state index < -0.39 is 16.0 Å². The predicted octanol–water partition coefficient (Wildman–Crippen LogP) is -0.247. The molecular weight excluding hydrogens is 119 g/mol. The second-order valence-corrected chi connectivity index (χ2v) is 3.83. The summed E-state index contributed by atoms with van der Waals surface area (Å²) >= 11 is 0. The van der Waals surface area contributed by atoms with Crippen molar-refractivity contribution in [1.29, 1.82) is 0 Å². The summed E-state index contributed by atoms with van der Waals surface area (Å²) in [5.74, 6) is -0.514. The smallest absolute Gasteiger partial charge is 0.156 e. The van der Waals surface area contributed by atoms with E-state index in [9.17, 15) is 12.8 Å². The largest absolute Gasteiger partial charge is 0.245 e. The van der Waals surface area contributed by atoms with Gasteiger partial charge in [-0.05, 0) is 0 Å². The molecule has 0 amide bonds. The molecule has 1 aliphatic heterocycles. The highest BCUT2D eigenvalue weighted by Gasteiger charge is 2.32. The minimum absolute atomic E-state index is 0.257. The fourth-order valence-corrected chi connectivity index (χ4v) is 1.51. The van der Waals surface area contributed by atoms with E-state index in [0.29, 0.717) is 0 Å². The van der Waals surface area contributed by atoms with Crippen molar-refractivity contribution in [3.8, 4) is 0 Å². The fourth-order valence-electron chi connectivity index (χ4n) is 0.502. The number of halogens is 1. The van der Waals surface area contributed by atoms with E-state index in [1.165, 1.54) is 0 Å². The zero-order valence-electron chi connectivity index (χ0n) is 3.59.